The number of aromatic amines is 1. The van der Waals surface area contributed by atoms with Gasteiger partial charge in [-0.1, -0.05) is 55.6 Å². The predicted molar refractivity (Wildman–Crippen MR) is 139 cm³/mol. The van der Waals surface area contributed by atoms with Gasteiger partial charge in [0.15, 0.2) is 23.0 Å². The van der Waals surface area contributed by atoms with E-state index in [4.69, 9.17) is 9.47 Å². The summed E-state index contributed by atoms with van der Waals surface area (Å²) in [6.07, 6.45) is 3.72. The van der Waals surface area contributed by atoms with Crippen molar-refractivity contribution in [1.29, 1.82) is 0 Å². The number of hydrogen-bond donors (Lipinski definition) is 1. The molecule has 1 aliphatic rings. The first kappa shape index (κ1) is 18.8. The Balaban J connectivity index is 1.67. The zero-order chi connectivity index (χ0) is 22.8. The van der Waals surface area contributed by atoms with Crippen LogP contribution in [0.1, 0.15) is 11.3 Å². The van der Waals surface area contributed by atoms with Crippen LogP contribution >= 0.6 is 0 Å². The monoisotopic (exact) mass is 440 g/mol. The molecule has 0 radical (unpaired) electrons. The zero-order valence-electron chi connectivity index (χ0n) is 18.3. The maximum Gasteiger partial charge on any atom is 0.194 e. The van der Waals surface area contributed by atoms with Gasteiger partial charge in [0.25, 0.3) is 0 Å². The van der Waals surface area contributed by atoms with E-state index in [2.05, 4.69) is 53.0 Å². The summed E-state index contributed by atoms with van der Waals surface area (Å²) < 4.78 is 15.0. The zero-order valence-corrected chi connectivity index (χ0v) is 18.3. The Labute approximate surface area is 196 Å². The Bertz CT molecular complexity index is 1790. The third-order valence-corrected chi connectivity index (χ3v) is 6.56. The highest BCUT2D eigenvalue weighted by Crippen LogP contribution is 2.51. The van der Waals surface area contributed by atoms with Gasteiger partial charge in [-0.25, -0.2) is 0 Å². The van der Waals surface area contributed by atoms with Crippen LogP contribution in [0.2, 0.25) is 0 Å². The summed E-state index contributed by atoms with van der Waals surface area (Å²) in [5, 5.41) is 3.32. The number of ether oxygens (including phenoxy) is 2. The molecule has 4 aromatic carbocycles. The van der Waals surface area contributed by atoms with Gasteiger partial charge in [0.1, 0.15) is 5.52 Å². The first-order valence-electron chi connectivity index (χ1n) is 11.2. The van der Waals surface area contributed by atoms with Crippen LogP contribution in [0.5, 0.6) is 23.0 Å². The lowest BCUT2D eigenvalue weighted by molar-refractivity contribution is 0.362. The summed E-state index contributed by atoms with van der Waals surface area (Å²) in [6, 6.07) is 26.5. The van der Waals surface area contributed by atoms with E-state index in [1.807, 2.05) is 60.7 Å². The number of hydrogen-bond acceptors (Lipinski definition) is 2. The predicted octanol–water partition coefficient (Wildman–Crippen LogP) is 8.45. The number of nitrogens with one attached hydrogen (secondary N) is 1. The molecular weight excluding hydrogens is 420 g/mol. The molecule has 4 nitrogen and oxygen atoms in total. The lowest BCUT2D eigenvalue weighted by Crippen LogP contribution is -2.01. The average molecular weight is 441 g/mol. The number of aromatic nitrogens is 2. The van der Waals surface area contributed by atoms with Crippen molar-refractivity contribution in [3.05, 3.63) is 103 Å². The lowest BCUT2D eigenvalue weighted by Gasteiger charge is -2.22. The largest absolute Gasteiger partial charge is 0.449 e. The Morgan fingerprint density at radius 1 is 0.706 bits per heavy atom. The molecule has 0 atom stereocenters. The van der Waals surface area contributed by atoms with E-state index in [0.29, 0.717) is 17.2 Å². The molecule has 1 aliphatic heterocycles. The fourth-order valence-electron chi connectivity index (χ4n) is 5.10. The van der Waals surface area contributed by atoms with Crippen LogP contribution < -0.4 is 9.47 Å². The van der Waals surface area contributed by atoms with Crippen molar-refractivity contribution in [2.24, 2.45) is 0 Å². The quantitative estimate of drug-likeness (QED) is 0.299. The normalized spacial score (nSPS) is 12.2. The van der Waals surface area contributed by atoms with Crippen molar-refractivity contribution in [3.63, 3.8) is 0 Å². The van der Waals surface area contributed by atoms with Crippen molar-refractivity contribution in [3.8, 4) is 28.7 Å². The fourth-order valence-corrected chi connectivity index (χ4v) is 5.10. The van der Waals surface area contributed by atoms with Crippen molar-refractivity contribution < 1.29 is 9.47 Å². The molecule has 6 aromatic rings. The molecule has 1 N–H and O–H groups in total. The summed E-state index contributed by atoms with van der Waals surface area (Å²) in [5.41, 5.74) is 6.17. The Morgan fingerprint density at radius 3 is 2.21 bits per heavy atom. The minimum atomic E-state index is 0.701. The van der Waals surface area contributed by atoms with E-state index in [1.54, 1.807) is 0 Å². The van der Waals surface area contributed by atoms with Crippen LogP contribution in [0.15, 0.2) is 92.0 Å². The molecule has 0 bridgehead atoms. The molecule has 0 saturated heterocycles. The highest BCUT2D eigenvalue weighted by atomic mass is 16.6. The van der Waals surface area contributed by atoms with Gasteiger partial charge in [0, 0.05) is 33.1 Å². The molecule has 7 rings (SSSR count). The minimum Gasteiger partial charge on any atom is -0.449 e. The van der Waals surface area contributed by atoms with Gasteiger partial charge in [-0.15, -0.1) is 0 Å². The molecule has 0 spiro atoms. The molecule has 0 aliphatic carbocycles. The van der Waals surface area contributed by atoms with Crippen LogP contribution in [0, 0.1) is 0 Å². The SMILES string of the molecule is C=Cc1[nH]c2c(ccc3c2c2ccc4c(c2n3-c2ccccc2)Oc2ccccc2O4)c1C=C. The molecule has 0 unspecified atom stereocenters. The van der Waals surface area contributed by atoms with Crippen molar-refractivity contribution in [1.82, 2.24) is 9.55 Å². The number of benzene rings is 4. The highest BCUT2D eigenvalue weighted by molar-refractivity contribution is 6.23. The van der Waals surface area contributed by atoms with Gasteiger partial charge in [-0.2, -0.15) is 0 Å². The van der Waals surface area contributed by atoms with Crippen LogP contribution in [-0.4, -0.2) is 9.55 Å². The minimum absolute atomic E-state index is 0.701. The van der Waals surface area contributed by atoms with Crippen LogP contribution in [0.3, 0.4) is 0 Å². The Hall–Kier alpha value is -4.70. The molecule has 0 amide bonds. The first-order valence-corrected chi connectivity index (χ1v) is 11.2. The smallest absolute Gasteiger partial charge is 0.194 e. The Morgan fingerprint density at radius 2 is 1.44 bits per heavy atom. The van der Waals surface area contributed by atoms with Gasteiger partial charge in [-0.05, 0) is 48.5 Å². The third kappa shape index (κ3) is 2.42. The van der Waals surface area contributed by atoms with Crippen molar-refractivity contribution >= 4 is 44.9 Å². The van der Waals surface area contributed by atoms with E-state index < -0.39 is 0 Å². The van der Waals surface area contributed by atoms with Crippen LogP contribution in [0.25, 0.3) is 50.5 Å². The number of rotatable bonds is 3. The molecule has 4 heteroatoms. The molecule has 3 heterocycles. The lowest BCUT2D eigenvalue weighted by atomic mass is 10.1. The summed E-state index contributed by atoms with van der Waals surface area (Å²) in [5.74, 6) is 2.84. The maximum absolute atomic E-state index is 6.48. The van der Waals surface area contributed by atoms with E-state index in [-0.39, 0.29) is 0 Å². The number of nitrogens with zero attached hydrogens (tertiary/aromatic N) is 1. The van der Waals surface area contributed by atoms with Gasteiger partial charge in [0.2, 0.25) is 0 Å². The topological polar surface area (TPSA) is 39.2 Å². The maximum atomic E-state index is 6.48. The second-order valence-corrected chi connectivity index (χ2v) is 8.35. The summed E-state index contributed by atoms with van der Waals surface area (Å²) in [7, 11) is 0. The second-order valence-electron chi connectivity index (χ2n) is 8.35. The van der Waals surface area contributed by atoms with E-state index in [1.165, 1.54) is 0 Å². The van der Waals surface area contributed by atoms with Crippen LogP contribution in [-0.2, 0) is 0 Å². The number of H-pyrrole nitrogens is 1. The molecule has 0 saturated carbocycles. The first-order chi connectivity index (χ1) is 16.8. The molecule has 34 heavy (non-hydrogen) atoms. The number of para-hydroxylation sites is 3. The van der Waals surface area contributed by atoms with Gasteiger partial charge < -0.3 is 19.0 Å². The average Bonchev–Trinajstić information content (AvgIpc) is 3.43. The summed E-state index contributed by atoms with van der Waals surface area (Å²) in [4.78, 5) is 3.59. The van der Waals surface area contributed by atoms with Crippen molar-refractivity contribution in [2.75, 3.05) is 0 Å². The molecule has 2 aromatic heterocycles. The van der Waals surface area contributed by atoms with E-state index in [0.717, 1.165) is 55.4 Å². The highest BCUT2D eigenvalue weighted by Gasteiger charge is 2.26. The van der Waals surface area contributed by atoms with E-state index >= 15 is 0 Å². The summed E-state index contributed by atoms with van der Waals surface area (Å²) >= 11 is 0. The van der Waals surface area contributed by atoms with Gasteiger partial charge >= 0.3 is 0 Å². The standard InChI is InChI=1S/C30H20N2O2/c1-3-19-20-14-16-23-27(28(20)31-22(19)4-2)21-15-17-26-30(34-25-13-9-8-12-24(25)33-26)29(21)32(23)18-10-6-5-7-11-18/h3-17,31H,1-2H2. The molecule has 162 valence electrons. The van der Waals surface area contributed by atoms with Gasteiger partial charge in [-0.3, -0.25) is 0 Å². The van der Waals surface area contributed by atoms with E-state index in [9.17, 15) is 0 Å². The third-order valence-electron chi connectivity index (χ3n) is 6.56. The molecular formula is C30H20N2O2. The number of fused-ring (bicyclic) bond motifs is 8. The van der Waals surface area contributed by atoms with Crippen molar-refractivity contribution in [2.45, 2.75) is 0 Å². The Kier molecular flexibility index (Phi) is 3.82. The van der Waals surface area contributed by atoms with Crippen LogP contribution in [0.4, 0.5) is 0 Å². The van der Waals surface area contributed by atoms with Gasteiger partial charge in [0.05, 0.1) is 11.0 Å². The fraction of sp³-hybridized carbons (Fsp3) is 0. The summed E-state index contributed by atoms with van der Waals surface area (Å²) in [6.45, 7) is 8.01. The molecule has 0 fully saturated rings. The second kappa shape index (κ2) is 6.90.